The summed E-state index contributed by atoms with van der Waals surface area (Å²) in [7, 11) is 0. The minimum atomic E-state index is -0.602. The van der Waals surface area contributed by atoms with Gasteiger partial charge in [0.25, 0.3) is 0 Å². The average molecular weight is 158 g/mol. The molecule has 0 rings (SSSR count). The average Bonchev–Trinajstić information content (AvgIpc) is 2.01. The predicted molar refractivity (Wildman–Crippen MR) is 36.7 cm³/mol. The third-order valence-electron chi connectivity index (χ3n) is 0.831. The zero-order valence-corrected chi connectivity index (χ0v) is 6.04. The molecule has 1 amide bonds. The third kappa shape index (κ3) is 6.61. The van der Waals surface area contributed by atoms with E-state index in [-0.39, 0.29) is 26.2 Å². The number of nitrogens with one attached hydrogen (secondary N) is 1. The molecule has 5 heteroatoms. The summed E-state index contributed by atoms with van der Waals surface area (Å²) in [6.45, 7) is 0.0742. The van der Waals surface area contributed by atoms with Crippen LogP contribution in [0.5, 0.6) is 0 Å². The molecule has 0 atom stereocenters. The van der Waals surface area contributed by atoms with Gasteiger partial charge in [0.05, 0.1) is 19.1 Å². The van der Waals surface area contributed by atoms with Crippen molar-refractivity contribution in [3.05, 3.63) is 0 Å². The smallest absolute Gasteiger partial charge is 0.407 e. The number of nitrogens with zero attached hydrogens (tertiary/aromatic N) is 1. The number of hydrogen-bond acceptors (Lipinski definition) is 4. The first-order chi connectivity index (χ1) is 5.31. The third-order valence-corrected chi connectivity index (χ3v) is 0.831. The fourth-order valence-electron chi connectivity index (χ4n) is 0.410. The number of rotatable bonds is 4. The molecule has 0 aromatic carbocycles. The monoisotopic (exact) mass is 158 g/mol. The van der Waals surface area contributed by atoms with Gasteiger partial charge in [0, 0.05) is 6.54 Å². The summed E-state index contributed by atoms with van der Waals surface area (Å²) in [6, 6.07) is 1.86. The summed E-state index contributed by atoms with van der Waals surface area (Å²) in [5, 5.41) is 18.6. The number of alkyl carbamates (subject to hydrolysis) is 1. The van der Waals surface area contributed by atoms with Crippen LogP contribution in [-0.2, 0) is 4.74 Å². The lowest BCUT2D eigenvalue weighted by Crippen LogP contribution is -2.26. The fourth-order valence-corrected chi connectivity index (χ4v) is 0.410. The van der Waals surface area contributed by atoms with Crippen LogP contribution < -0.4 is 5.32 Å². The Labute approximate surface area is 64.6 Å². The number of ether oxygens (including phenoxy) is 1. The first kappa shape index (κ1) is 9.72. The number of aliphatic hydroxyl groups is 1. The van der Waals surface area contributed by atoms with Crippen LogP contribution in [0.2, 0.25) is 0 Å². The molecule has 62 valence electrons. The van der Waals surface area contributed by atoms with Crippen LogP contribution in [0.4, 0.5) is 4.79 Å². The minimum Gasteiger partial charge on any atom is -0.447 e. The number of amides is 1. The van der Waals surface area contributed by atoms with Crippen molar-refractivity contribution in [2.45, 2.75) is 6.42 Å². The second-order valence-corrected chi connectivity index (χ2v) is 1.69. The molecular formula is C6H10N2O3. The van der Waals surface area contributed by atoms with E-state index in [1.165, 1.54) is 0 Å². The van der Waals surface area contributed by atoms with Gasteiger partial charge in [0.1, 0.15) is 6.61 Å². The first-order valence-electron chi connectivity index (χ1n) is 3.19. The van der Waals surface area contributed by atoms with Crippen molar-refractivity contribution in [2.75, 3.05) is 19.8 Å². The Balaban J connectivity index is 3.17. The molecule has 0 fully saturated rings. The topological polar surface area (TPSA) is 82.4 Å². The van der Waals surface area contributed by atoms with E-state index in [9.17, 15) is 4.79 Å². The molecule has 0 saturated heterocycles. The zero-order chi connectivity index (χ0) is 8.53. The molecule has 0 bridgehead atoms. The number of nitriles is 1. The standard InChI is InChI=1S/C6H10N2O3/c7-2-1-3-8-6(10)11-5-4-9/h9H,1,3-5H2,(H,8,10). The van der Waals surface area contributed by atoms with Crippen molar-refractivity contribution < 1.29 is 14.6 Å². The van der Waals surface area contributed by atoms with Crippen molar-refractivity contribution in [3.8, 4) is 6.07 Å². The number of carbonyl (C=O) groups excluding carboxylic acids is 1. The Kier molecular flexibility index (Phi) is 6.04. The molecule has 0 unspecified atom stereocenters. The van der Waals surface area contributed by atoms with Gasteiger partial charge in [0.2, 0.25) is 0 Å². The van der Waals surface area contributed by atoms with E-state index in [0.29, 0.717) is 0 Å². The second kappa shape index (κ2) is 6.83. The van der Waals surface area contributed by atoms with E-state index < -0.39 is 6.09 Å². The van der Waals surface area contributed by atoms with E-state index in [0.717, 1.165) is 0 Å². The van der Waals surface area contributed by atoms with Gasteiger partial charge in [-0.2, -0.15) is 5.26 Å². The summed E-state index contributed by atoms with van der Waals surface area (Å²) in [4.78, 5) is 10.5. The highest BCUT2D eigenvalue weighted by Gasteiger charge is 1.97. The highest BCUT2D eigenvalue weighted by molar-refractivity contribution is 5.67. The van der Waals surface area contributed by atoms with Gasteiger partial charge in [-0.1, -0.05) is 0 Å². The Morgan fingerprint density at radius 2 is 2.45 bits per heavy atom. The molecule has 0 aliphatic rings. The van der Waals surface area contributed by atoms with Crippen molar-refractivity contribution in [1.29, 1.82) is 5.26 Å². The molecule has 0 radical (unpaired) electrons. The number of hydrogen-bond donors (Lipinski definition) is 2. The molecule has 0 aromatic heterocycles. The first-order valence-corrected chi connectivity index (χ1v) is 3.19. The van der Waals surface area contributed by atoms with Crippen LogP contribution in [-0.4, -0.2) is 31.0 Å². The van der Waals surface area contributed by atoms with E-state index in [1.54, 1.807) is 0 Å². The summed E-state index contributed by atoms with van der Waals surface area (Å²) >= 11 is 0. The lowest BCUT2D eigenvalue weighted by molar-refractivity contribution is 0.119. The van der Waals surface area contributed by atoms with Gasteiger partial charge >= 0.3 is 6.09 Å². The fraction of sp³-hybridized carbons (Fsp3) is 0.667. The van der Waals surface area contributed by atoms with Gasteiger partial charge in [-0.15, -0.1) is 0 Å². The van der Waals surface area contributed by atoms with Crippen LogP contribution >= 0.6 is 0 Å². The zero-order valence-electron chi connectivity index (χ0n) is 6.04. The summed E-state index contributed by atoms with van der Waals surface area (Å²) in [5.74, 6) is 0. The van der Waals surface area contributed by atoms with Gasteiger partial charge in [0.15, 0.2) is 0 Å². The molecular weight excluding hydrogens is 148 g/mol. The lowest BCUT2D eigenvalue weighted by Gasteiger charge is -2.02. The van der Waals surface area contributed by atoms with Crippen molar-refractivity contribution in [1.82, 2.24) is 5.32 Å². The predicted octanol–water partition coefficient (Wildman–Crippen LogP) is -0.381. The summed E-state index contributed by atoms with van der Waals surface area (Å²) in [6.07, 6.45) is -0.344. The number of carbonyl (C=O) groups is 1. The van der Waals surface area contributed by atoms with Crippen molar-refractivity contribution in [2.24, 2.45) is 0 Å². The maximum absolute atomic E-state index is 10.5. The van der Waals surface area contributed by atoms with Crippen LogP contribution in [0.25, 0.3) is 0 Å². The molecule has 0 saturated carbocycles. The highest BCUT2D eigenvalue weighted by atomic mass is 16.6. The molecule has 0 spiro atoms. The van der Waals surface area contributed by atoms with E-state index >= 15 is 0 Å². The quantitative estimate of drug-likeness (QED) is 0.546. The van der Waals surface area contributed by atoms with Crippen LogP contribution in [0.3, 0.4) is 0 Å². The molecule has 5 nitrogen and oxygen atoms in total. The second-order valence-electron chi connectivity index (χ2n) is 1.69. The van der Waals surface area contributed by atoms with Crippen LogP contribution in [0.15, 0.2) is 0 Å². The minimum absolute atomic E-state index is 0.0155. The number of aliphatic hydroxyl groups excluding tert-OH is 1. The van der Waals surface area contributed by atoms with Gasteiger partial charge in [-0.05, 0) is 0 Å². The van der Waals surface area contributed by atoms with E-state index in [4.69, 9.17) is 10.4 Å². The SMILES string of the molecule is N#CCCNC(=O)OCCO. The molecule has 0 aliphatic carbocycles. The molecule has 0 aromatic rings. The Morgan fingerprint density at radius 3 is 3.00 bits per heavy atom. The maximum atomic E-state index is 10.5. The highest BCUT2D eigenvalue weighted by Crippen LogP contribution is 1.77. The molecule has 0 heterocycles. The van der Waals surface area contributed by atoms with E-state index in [1.807, 2.05) is 6.07 Å². The summed E-state index contributed by atoms with van der Waals surface area (Å²) in [5.41, 5.74) is 0. The molecule has 11 heavy (non-hydrogen) atoms. The van der Waals surface area contributed by atoms with Crippen molar-refractivity contribution in [3.63, 3.8) is 0 Å². The normalized spacial score (nSPS) is 8.36. The molecule has 2 N–H and O–H groups in total. The Bertz CT molecular complexity index is 152. The van der Waals surface area contributed by atoms with Gasteiger partial charge in [-0.3, -0.25) is 0 Å². The Hall–Kier alpha value is -1.28. The molecule has 0 aliphatic heterocycles. The summed E-state index contributed by atoms with van der Waals surface area (Å²) < 4.78 is 4.43. The van der Waals surface area contributed by atoms with Crippen molar-refractivity contribution >= 4 is 6.09 Å². The van der Waals surface area contributed by atoms with Crippen LogP contribution in [0, 0.1) is 11.3 Å². The Morgan fingerprint density at radius 1 is 1.73 bits per heavy atom. The van der Waals surface area contributed by atoms with Gasteiger partial charge in [-0.25, -0.2) is 4.79 Å². The largest absolute Gasteiger partial charge is 0.447 e. The van der Waals surface area contributed by atoms with Gasteiger partial charge < -0.3 is 15.2 Å². The maximum Gasteiger partial charge on any atom is 0.407 e. The lowest BCUT2D eigenvalue weighted by atomic mass is 10.5. The van der Waals surface area contributed by atoms with Crippen LogP contribution in [0.1, 0.15) is 6.42 Å². The van der Waals surface area contributed by atoms with E-state index in [2.05, 4.69) is 10.1 Å².